The van der Waals surface area contributed by atoms with Crippen LogP contribution in [0, 0.1) is 0 Å². The molecule has 2 rings (SSSR count). The molecule has 0 spiro atoms. The van der Waals surface area contributed by atoms with Gasteiger partial charge in [-0.15, -0.1) is 0 Å². The number of carbonyl (C=O) groups excluding carboxylic acids is 1. The van der Waals surface area contributed by atoms with Gasteiger partial charge in [-0.25, -0.2) is 9.59 Å². The number of aliphatic hydroxyl groups is 2. The van der Waals surface area contributed by atoms with Crippen molar-refractivity contribution in [3.8, 4) is 0 Å². The minimum Gasteiger partial charge on any atom is -0.465 e. The number of H-pyrrole nitrogens is 1. The maximum Gasteiger partial charge on any atom is 0.345 e. The maximum absolute atomic E-state index is 11.7. The number of ether oxygens (including phenoxy) is 2. The van der Waals surface area contributed by atoms with Crippen LogP contribution in [-0.4, -0.2) is 51.7 Å². The molecule has 110 valence electrons. The highest BCUT2D eigenvalue weighted by Crippen LogP contribution is 2.27. The molecular formula is C11H14N2O7. The molecule has 0 radical (unpaired) electrons. The van der Waals surface area contributed by atoms with Crippen molar-refractivity contribution in [3.05, 3.63) is 32.6 Å². The Morgan fingerprint density at radius 2 is 2.30 bits per heavy atom. The number of hydrogen-bond acceptors (Lipinski definition) is 7. The number of esters is 1. The molecule has 3 atom stereocenters. The van der Waals surface area contributed by atoms with Crippen LogP contribution < -0.4 is 11.2 Å². The topological polar surface area (TPSA) is 131 Å². The van der Waals surface area contributed by atoms with E-state index in [2.05, 4.69) is 4.74 Å². The Hall–Kier alpha value is -1.97. The van der Waals surface area contributed by atoms with Crippen molar-refractivity contribution in [2.75, 3.05) is 13.7 Å². The summed E-state index contributed by atoms with van der Waals surface area (Å²) >= 11 is 0. The summed E-state index contributed by atoms with van der Waals surface area (Å²) in [6, 6.07) is 0. The fourth-order valence-corrected chi connectivity index (χ4v) is 2.00. The van der Waals surface area contributed by atoms with Crippen LogP contribution in [0.3, 0.4) is 0 Å². The molecule has 0 aromatic carbocycles. The molecule has 0 bridgehead atoms. The minimum atomic E-state index is -0.939. The summed E-state index contributed by atoms with van der Waals surface area (Å²) in [6.45, 7) is -0.403. The molecule has 2 heterocycles. The molecular weight excluding hydrogens is 272 g/mol. The van der Waals surface area contributed by atoms with Crippen LogP contribution in [0.5, 0.6) is 0 Å². The predicted octanol–water partition coefficient (Wildman–Crippen LogP) is -2.04. The smallest absolute Gasteiger partial charge is 0.345 e. The fraction of sp³-hybridized carbons (Fsp3) is 0.545. The molecule has 0 aliphatic carbocycles. The summed E-state index contributed by atoms with van der Waals surface area (Å²) in [6.07, 6.45) is -1.57. The highest BCUT2D eigenvalue weighted by Gasteiger charge is 2.35. The Kier molecular flexibility index (Phi) is 4.02. The Morgan fingerprint density at radius 1 is 1.60 bits per heavy atom. The van der Waals surface area contributed by atoms with Crippen molar-refractivity contribution in [2.24, 2.45) is 0 Å². The van der Waals surface area contributed by atoms with Crippen LogP contribution in [-0.2, 0) is 9.47 Å². The molecule has 9 nitrogen and oxygen atoms in total. The Balaban J connectivity index is 2.40. The average Bonchev–Trinajstić information content (AvgIpc) is 2.79. The quantitative estimate of drug-likeness (QED) is 0.546. The standard InChI is InChI=1S/C11H14N2O7/c1-19-10(17)5-3-13(11(18)12-9(5)16)8-2-6(15)7(4-14)20-8/h3,6-8,14-15H,2,4H2,1H3,(H,12,16,18)/t6-,7?,8-/m1/s1. The van der Waals surface area contributed by atoms with Gasteiger partial charge in [-0.05, 0) is 0 Å². The van der Waals surface area contributed by atoms with Gasteiger partial charge in [0.15, 0.2) is 0 Å². The summed E-state index contributed by atoms with van der Waals surface area (Å²) in [5.41, 5.74) is -1.99. The number of carbonyl (C=O) groups is 1. The first-order valence-corrected chi connectivity index (χ1v) is 5.86. The van der Waals surface area contributed by atoms with Crippen LogP contribution in [0.4, 0.5) is 0 Å². The van der Waals surface area contributed by atoms with E-state index in [0.29, 0.717) is 0 Å². The van der Waals surface area contributed by atoms with Gasteiger partial charge in [-0.2, -0.15) is 0 Å². The van der Waals surface area contributed by atoms with Gasteiger partial charge >= 0.3 is 11.7 Å². The minimum absolute atomic E-state index is 0.0534. The molecule has 0 amide bonds. The normalized spacial score (nSPS) is 25.6. The maximum atomic E-state index is 11.7. The molecule has 1 fully saturated rings. The van der Waals surface area contributed by atoms with Gasteiger partial charge in [-0.1, -0.05) is 0 Å². The molecule has 3 N–H and O–H groups in total. The number of aromatic nitrogens is 2. The number of aromatic amines is 1. The lowest BCUT2D eigenvalue weighted by Gasteiger charge is -2.14. The summed E-state index contributed by atoms with van der Waals surface area (Å²) < 4.78 is 10.7. The van der Waals surface area contributed by atoms with Crippen molar-refractivity contribution < 1.29 is 24.5 Å². The Morgan fingerprint density at radius 3 is 2.85 bits per heavy atom. The first-order chi connectivity index (χ1) is 9.47. The van der Waals surface area contributed by atoms with Gasteiger partial charge < -0.3 is 19.7 Å². The van der Waals surface area contributed by atoms with E-state index in [1.807, 2.05) is 4.98 Å². The van der Waals surface area contributed by atoms with Crippen LogP contribution in [0.2, 0.25) is 0 Å². The van der Waals surface area contributed by atoms with Crippen molar-refractivity contribution in [2.45, 2.75) is 24.9 Å². The lowest BCUT2D eigenvalue weighted by Crippen LogP contribution is -2.35. The van der Waals surface area contributed by atoms with E-state index in [1.54, 1.807) is 0 Å². The molecule has 1 aliphatic rings. The van der Waals surface area contributed by atoms with Crippen LogP contribution in [0.25, 0.3) is 0 Å². The Labute approximate surface area is 112 Å². The van der Waals surface area contributed by atoms with Crippen LogP contribution in [0.1, 0.15) is 23.0 Å². The summed E-state index contributed by atoms with van der Waals surface area (Å²) in [4.78, 5) is 36.6. The summed E-state index contributed by atoms with van der Waals surface area (Å²) in [7, 11) is 1.11. The SMILES string of the molecule is COC(=O)c1cn([C@H]2C[C@@H](O)C(CO)O2)c(=O)[nH]c1=O. The molecule has 0 saturated carbocycles. The van der Waals surface area contributed by atoms with Crippen molar-refractivity contribution in [1.82, 2.24) is 9.55 Å². The van der Waals surface area contributed by atoms with Crippen molar-refractivity contribution in [1.29, 1.82) is 0 Å². The zero-order chi connectivity index (χ0) is 14.9. The van der Waals surface area contributed by atoms with E-state index in [4.69, 9.17) is 9.84 Å². The van der Waals surface area contributed by atoms with Gasteiger partial charge in [0.05, 0.1) is 19.8 Å². The van der Waals surface area contributed by atoms with Gasteiger partial charge in [0.1, 0.15) is 17.9 Å². The molecule has 1 aromatic rings. The first-order valence-electron chi connectivity index (χ1n) is 5.86. The largest absolute Gasteiger partial charge is 0.465 e. The van der Waals surface area contributed by atoms with Crippen LogP contribution >= 0.6 is 0 Å². The monoisotopic (exact) mass is 286 g/mol. The lowest BCUT2D eigenvalue weighted by atomic mass is 10.2. The van der Waals surface area contributed by atoms with Crippen molar-refractivity contribution >= 4 is 5.97 Å². The average molecular weight is 286 g/mol. The number of aliphatic hydroxyl groups excluding tert-OH is 2. The van der Waals surface area contributed by atoms with E-state index in [0.717, 1.165) is 17.9 Å². The third-order valence-electron chi connectivity index (χ3n) is 3.07. The molecule has 1 saturated heterocycles. The molecule has 9 heteroatoms. The predicted molar refractivity (Wildman–Crippen MR) is 64.3 cm³/mol. The summed E-state index contributed by atoms with van der Waals surface area (Å²) in [5, 5.41) is 18.6. The van der Waals surface area contributed by atoms with Gasteiger partial charge in [-0.3, -0.25) is 14.3 Å². The molecule has 1 aromatic heterocycles. The van der Waals surface area contributed by atoms with E-state index in [1.165, 1.54) is 0 Å². The van der Waals surface area contributed by atoms with Gasteiger partial charge in [0.2, 0.25) is 0 Å². The fourth-order valence-electron chi connectivity index (χ4n) is 2.00. The second kappa shape index (κ2) is 5.57. The molecule has 1 unspecified atom stereocenters. The Bertz CT molecular complexity index is 620. The van der Waals surface area contributed by atoms with Crippen molar-refractivity contribution in [3.63, 3.8) is 0 Å². The number of rotatable bonds is 3. The second-order valence-corrected chi connectivity index (χ2v) is 4.32. The van der Waals surface area contributed by atoms with E-state index in [9.17, 15) is 19.5 Å². The number of nitrogens with zero attached hydrogens (tertiary/aromatic N) is 1. The zero-order valence-corrected chi connectivity index (χ0v) is 10.6. The highest BCUT2D eigenvalue weighted by molar-refractivity contribution is 5.88. The lowest BCUT2D eigenvalue weighted by molar-refractivity contribution is -0.0460. The molecule has 20 heavy (non-hydrogen) atoms. The van der Waals surface area contributed by atoms with E-state index in [-0.39, 0.29) is 12.0 Å². The van der Waals surface area contributed by atoms with Gasteiger partial charge in [0, 0.05) is 12.6 Å². The zero-order valence-electron chi connectivity index (χ0n) is 10.6. The molecule has 1 aliphatic heterocycles. The highest BCUT2D eigenvalue weighted by atomic mass is 16.5. The number of hydrogen-bond donors (Lipinski definition) is 3. The number of methoxy groups -OCH3 is 1. The van der Waals surface area contributed by atoms with E-state index < -0.39 is 42.3 Å². The second-order valence-electron chi connectivity index (χ2n) is 4.32. The first kappa shape index (κ1) is 14.4. The van der Waals surface area contributed by atoms with E-state index >= 15 is 0 Å². The van der Waals surface area contributed by atoms with Crippen LogP contribution in [0.15, 0.2) is 15.8 Å². The summed E-state index contributed by atoms with van der Waals surface area (Å²) in [5.74, 6) is -0.891. The van der Waals surface area contributed by atoms with Gasteiger partial charge in [0.25, 0.3) is 5.56 Å². The third kappa shape index (κ3) is 2.50. The third-order valence-corrected chi connectivity index (χ3v) is 3.07. The number of nitrogens with one attached hydrogen (secondary N) is 1.